The molecule has 1 N–H and O–H groups in total. The van der Waals surface area contributed by atoms with Crippen LogP contribution in [0, 0.1) is 5.92 Å². The van der Waals surface area contributed by atoms with Crippen molar-refractivity contribution in [3.8, 4) is 0 Å². The lowest BCUT2D eigenvalue weighted by atomic mass is 10.0. The fourth-order valence-electron chi connectivity index (χ4n) is 1.63. The van der Waals surface area contributed by atoms with Crippen LogP contribution in [0.25, 0.3) is 0 Å². The maximum absolute atomic E-state index is 11.6. The molecule has 1 saturated heterocycles. The summed E-state index contributed by atoms with van der Waals surface area (Å²) in [5.74, 6) is 0.0952. The van der Waals surface area contributed by atoms with Crippen molar-refractivity contribution < 1.29 is 13.2 Å². The highest BCUT2D eigenvalue weighted by Gasteiger charge is 2.32. The van der Waals surface area contributed by atoms with Crippen LogP contribution in [0.2, 0.25) is 0 Å². The van der Waals surface area contributed by atoms with Gasteiger partial charge in [-0.15, -0.1) is 0 Å². The van der Waals surface area contributed by atoms with Gasteiger partial charge < -0.3 is 4.74 Å². The Kier molecular flexibility index (Phi) is 3.70. The largest absolute Gasteiger partial charge is 0.381 e. The van der Waals surface area contributed by atoms with Crippen molar-refractivity contribution >= 4 is 10.0 Å². The molecular weight excluding hydrogens is 190 g/mol. The van der Waals surface area contributed by atoms with Crippen LogP contribution in [-0.2, 0) is 14.8 Å². The standard InChI is InChI=1S/C8H17NO3S/c1-3-9-13(10,11)8-4-5-12-6-7(8)2/h7-9H,3-6H2,1-2H3/t7-,8+/m0/s1. The van der Waals surface area contributed by atoms with E-state index in [1.54, 1.807) is 6.92 Å². The first-order valence-corrected chi connectivity index (χ1v) is 6.18. The third-order valence-corrected chi connectivity index (χ3v) is 4.49. The van der Waals surface area contributed by atoms with Crippen molar-refractivity contribution in [2.75, 3.05) is 19.8 Å². The van der Waals surface area contributed by atoms with Gasteiger partial charge in [0.15, 0.2) is 0 Å². The van der Waals surface area contributed by atoms with E-state index in [-0.39, 0.29) is 11.2 Å². The monoisotopic (exact) mass is 207 g/mol. The van der Waals surface area contributed by atoms with Crippen LogP contribution in [0.4, 0.5) is 0 Å². The van der Waals surface area contributed by atoms with Crippen LogP contribution in [0.1, 0.15) is 20.3 Å². The summed E-state index contributed by atoms with van der Waals surface area (Å²) in [6, 6.07) is 0. The fourth-order valence-corrected chi connectivity index (χ4v) is 3.34. The Labute approximate surface area is 79.7 Å². The van der Waals surface area contributed by atoms with Crippen LogP contribution in [0.15, 0.2) is 0 Å². The maximum Gasteiger partial charge on any atom is 0.214 e. The number of hydrogen-bond acceptors (Lipinski definition) is 3. The van der Waals surface area contributed by atoms with Gasteiger partial charge in [-0.2, -0.15) is 0 Å². The Morgan fingerprint density at radius 3 is 2.77 bits per heavy atom. The van der Waals surface area contributed by atoms with Gasteiger partial charge in [0.25, 0.3) is 0 Å². The van der Waals surface area contributed by atoms with Gasteiger partial charge in [-0.3, -0.25) is 0 Å². The van der Waals surface area contributed by atoms with Gasteiger partial charge in [-0.05, 0) is 12.3 Å². The minimum Gasteiger partial charge on any atom is -0.381 e. The first-order chi connectivity index (χ1) is 6.08. The van der Waals surface area contributed by atoms with E-state index in [0.717, 1.165) is 0 Å². The number of nitrogens with one attached hydrogen (secondary N) is 1. The molecule has 0 aromatic heterocycles. The zero-order valence-electron chi connectivity index (χ0n) is 8.12. The molecule has 78 valence electrons. The van der Waals surface area contributed by atoms with E-state index in [0.29, 0.717) is 26.2 Å². The average molecular weight is 207 g/mol. The van der Waals surface area contributed by atoms with E-state index in [9.17, 15) is 8.42 Å². The third-order valence-electron chi connectivity index (χ3n) is 2.31. The first kappa shape index (κ1) is 10.9. The molecule has 0 unspecified atom stereocenters. The topological polar surface area (TPSA) is 55.4 Å². The molecule has 0 aromatic rings. The molecule has 5 heteroatoms. The van der Waals surface area contributed by atoms with Gasteiger partial charge in [-0.25, -0.2) is 13.1 Å². The molecule has 0 aliphatic carbocycles. The maximum atomic E-state index is 11.6. The van der Waals surface area contributed by atoms with Crippen LogP contribution in [-0.4, -0.2) is 33.4 Å². The molecule has 1 rings (SSSR count). The van der Waals surface area contributed by atoms with E-state index in [1.165, 1.54) is 0 Å². The molecule has 0 saturated carbocycles. The molecule has 0 aromatic carbocycles. The zero-order chi connectivity index (χ0) is 9.90. The highest BCUT2D eigenvalue weighted by Crippen LogP contribution is 2.20. The van der Waals surface area contributed by atoms with E-state index in [4.69, 9.17) is 4.74 Å². The summed E-state index contributed by atoms with van der Waals surface area (Å²) >= 11 is 0. The summed E-state index contributed by atoms with van der Waals surface area (Å²) in [5.41, 5.74) is 0. The van der Waals surface area contributed by atoms with E-state index < -0.39 is 10.0 Å². The predicted molar refractivity (Wildman–Crippen MR) is 51.0 cm³/mol. The quantitative estimate of drug-likeness (QED) is 0.726. The summed E-state index contributed by atoms with van der Waals surface area (Å²) in [5, 5.41) is -0.277. The minimum absolute atomic E-state index is 0.0952. The Hall–Kier alpha value is -0.130. The highest BCUT2D eigenvalue weighted by atomic mass is 32.2. The molecule has 13 heavy (non-hydrogen) atoms. The number of sulfonamides is 1. The van der Waals surface area contributed by atoms with Crippen molar-refractivity contribution in [1.82, 2.24) is 4.72 Å². The van der Waals surface area contributed by atoms with Crippen molar-refractivity contribution in [2.45, 2.75) is 25.5 Å². The van der Waals surface area contributed by atoms with Crippen molar-refractivity contribution in [3.05, 3.63) is 0 Å². The van der Waals surface area contributed by atoms with Gasteiger partial charge in [-0.1, -0.05) is 13.8 Å². The second kappa shape index (κ2) is 4.39. The fraction of sp³-hybridized carbons (Fsp3) is 1.00. The Morgan fingerprint density at radius 2 is 2.23 bits per heavy atom. The van der Waals surface area contributed by atoms with Gasteiger partial charge in [0.1, 0.15) is 0 Å². The average Bonchev–Trinajstić information content (AvgIpc) is 2.04. The van der Waals surface area contributed by atoms with Crippen LogP contribution in [0.5, 0.6) is 0 Å². The minimum atomic E-state index is -3.11. The van der Waals surface area contributed by atoms with Crippen LogP contribution < -0.4 is 4.72 Å². The Balaban J connectivity index is 2.68. The van der Waals surface area contributed by atoms with Gasteiger partial charge >= 0.3 is 0 Å². The molecule has 0 radical (unpaired) electrons. The predicted octanol–water partition coefficient (Wildman–Crippen LogP) is 0.351. The molecule has 2 atom stereocenters. The van der Waals surface area contributed by atoms with Gasteiger partial charge in [0.2, 0.25) is 10.0 Å². The SMILES string of the molecule is CCNS(=O)(=O)[C@@H]1CCOC[C@@H]1C. The van der Waals surface area contributed by atoms with E-state index in [2.05, 4.69) is 4.72 Å². The number of ether oxygens (including phenoxy) is 1. The number of rotatable bonds is 3. The smallest absolute Gasteiger partial charge is 0.214 e. The lowest BCUT2D eigenvalue weighted by Crippen LogP contribution is -2.42. The second-order valence-electron chi connectivity index (χ2n) is 3.42. The molecule has 1 aliphatic rings. The summed E-state index contributed by atoms with van der Waals surface area (Å²) in [6.45, 7) is 5.28. The summed E-state index contributed by atoms with van der Waals surface area (Å²) in [4.78, 5) is 0. The van der Waals surface area contributed by atoms with Crippen molar-refractivity contribution in [1.29, 1.82) is 0 Å². The molecule has 0 amide bonds. The molecule has 1 heterocycles. The summed E-state index contributed by atoms with van der Waals surface area (Å²) in [7, 11) is -3.11. The van der Waals surface area contributed by atoms with Crippen LogP contribution in [0.3, 0.4) is 0 Å². The molecule has 4 nitrogen and oxygen atoms in total. The van der Waals surface area contributed by atoms with Crippen LogP contribution >= 0.6 is 0 Å². The van der Waals surface area contributed by atoms with E-state index in [1.807, 2.05) is 6.92 Å². The Morgan fingerprint density at radius 1 is 1.54 bits per heavy atom. The zero-order valence-corrected chi connectivity index (χ0v) is 8.93. The lowest BCUT2D eigenvalue weighted by Gasteiger charge is -2.28. The molecule has 1 aliphatic heterocycles. The first-order valence-electron chi connectivity index (χ1n) is 4.64. The number of hydrogen-bond donors (Lipinski definition) is 1. The summed E-state index contributed by atoms with van der Waals surface area (Å²) < 4.78 is 31.0. The van der Waals surface area contributed by atoms with Gasteiger partial charge in [0, 0.05) is 13.2 Å². The van der Waals surface area contributed by atoms with Crippen molar-refractivity contribution in [3.63, 3.8) is 0 Å². The highest BCUT2D eigenvalue weighted by molar-refractivity contribution is 7.90. The second-order valence-corrected chi connectivity index (χ2v) is 5.41. The third kappa shape index (κ3) is 2.65. The van der Waals surface area contributed by atoms with Crippen molar-refractivity contribution in [2.24, 2.45) is 5.92 Å². The van der Waals surface area contributed by atoms with E-state index >= 15 is 0 Å². The normalized spacial score (nSPS) is 30.3. The molecular formula is C8H17NO3S. The molecule has 0 bridgehead atoms. The van der Waals surface area contributed by atoms with Gasteiger partial charge in [0.05, 0.1) is 11.9 Å². The molecule has 0 spiro atoms. The Bertz CT molecular complexity index is 250. The summed E-state index contributed by atoms with van der Waals surface area (Å²) in [6.07, 6.45) is 0.608. The lowest BCUT2D eigenvalue weighted by molar-refractivity contribution is 0.0635. The molecule has 1 fully saturated rings.